The quantitative estimate of drug-likeness (QED) is 0.742. The minimum atomic E-state index is -0.107. The van der Waals surface area contributed by atoms with Crippen LogP contribution in [-0.2, 0) is 0 Å². The van der Waals surface area contributed by atoms with Crippen LogP contribution in [-0.4, -0.2) is 44.8 Å². The first-order chi connectivity index (χ1) is 11.6. The second-order valence-corrected chi connectivity index (χ2v) is 6.52. The molecular weight excluding hydrogens is 324 g/mol. The van der Waals surface area contributed by atoms with Crippen LogP contribution in [0.25, 0.3) is 4.96 Å². The van der Waals surface area contributed by atoms with Gasteiger partial charge in [0.25, 0.3) is 0 Å². The largest absolute Gasteiger partial charge is 0.496 e. The SMILES string of the molecule is CCN(CC)C(c1ccccc1OC)c1sc2nc(C)nn2c1O. The van der Waals surface area contributed by atoms with E-state index in [4.69, 9.17) is 4.74 Å². The average Bonchev–Trinajstić information content (AvgIpc) is 3.10. The maximum absolute atomic E-state index is 10.7. The number of methoxy groups -OCH3 is 1. The van der Waals surface area contributed by atoms with Gasteiger partial charge in [0.2, 0.25) is 10.8 Å². The molecule has 0 bridgehead atoms. The minimum Gasteiger partial charge on any atom is -0.496 e. The number of ether oxygens (including phenoxy) is 1. The number of thiazole rings is 1. The molecule has 0 saturated heterocycles. The predicted octanol–water partition coefficient (Wildman–Crippen LogP) is 3.24. The van der Waals surface area contributed by atoms with Crippen LogP contribution in [0.5, 0.6) is 11.6 Å². The first kappa shape index (κ1) is 16.7. The number of nitrogens with zero attached hydrogens (tertiary/aromatic N) is 4. The topological polar surface area (TPSA) is 62.9 Å². The van der Waals surface area contributed by atoms with E-state index in [1.807, 2.05) is 31.2 Å². The Morgan fingerprint density at radius 3 is 2.62 bits per heavy atom. The molecule has 3 rings (SSSR count). The molecule has 0 saturated carbocycles. The summed E-state index contributed by atoms with van der Waals surface area (Å²) in [5.41, 5.74) is 1.03. The molecule has 0 aliphatic heterocycles. The first-order valence-corrected chi connectivity index (χ1v) is 8.84. The van der Waals surface area contributed by atoms with Crippen LogP contribution < -0.4 is 4.74 Å². The third-order valence-electron chi connectivity index (χ3n) is 4.16. The van der Waals surface area contributed by atoms with Crippen molar-refractivity contribution in [2.75, 3.05) is 20.2 Å². The lowest BCUT2D eigenvalue weighted by atomic mass is 10.0. The summed E-state index contributed by atoms with van der Waals surface area (Å²) in [5.74, 6) is 1.61. The third kappa shape index (κ3) is 2.74. The molecule has 3 aromatic rings. The lowest BCUT2D eigenvalue weighted by Gasteiger charge is -2.30. The normalized spacial score (nSPS) is 12.9. The van der Waals surface area contributed by atoms with E-state index in [2.05, 4.69) is 28.8 Å². The van der Waals surface area contributed by atoms with Crippen molar-refractivity contribution < 1.29 is 9.84 Å². The number of hydrogen-bond acceptors (Lipinski definition) is 6. The van der Waals surface area contributed by atoms with Gasteiger partial charge in [-0.15, -0.1) is 5.10 Å². The van der Waals surface area contributed by atoms with E-state index in [0.717, 1.165) is 29.3 Å². The Morgan fingerprint density at radius 2 is 2.00 bits per heavy atom. The molecule has 0 spiro atoms. The highest BCUT2D eigenvalue weighted by molar-refractivity contribution is 7.17. The Hall–Kier alpha value is -2.12. The van der Waals surface area contributed by atoms with Gasteiger partial charge in [-0.05, 0) is 26.1 Å². The molecule has 0 fully saturated rings. The molecular formula is C17H22N4O2S. The second-order valence-electron chi connectivity index (χ2n) is 5.51. The summed E-state index contributed by atoms with van der Waals surface area (Å²) in [6.45, 7) is 7.76. The van der Waals surface area contributed by atoms with Gasteiger partial charge in [0.05, 0.1) is 18.0 Å². The lowest BCUT2D eigenvalue weighted by molar-refractivity contribution is 0.243. The third-order valence-corrected chi connectivity index (χ3v) is 5.24. The number of aryl methyl sites for hydroxylation is 1. The molecule has 0 radical (unpaired) electrons. The highest BCUT2D eigenvalue weighted by Crippen LogP contribution is 2.42. The zero-order valence-electron chi connectivity index (χ0n) is 14.4. The van der Waals surface area contributed by atoms with Crippen molar-refractivity contribution in [3.05, 3.63) is 40.5 Å². The molecule has 0 amide bonds. The number of aromatic nitrogens is 3. The van der Waals surface area contributed by atoms with E-state index in [9.17, 15) is 5.11 Å². The van der Waals surface area contributed by atoms with Crippen LogP contribution in [0, 0.1) is 6.92 Å². The highest BCUT2D eigenvalue weighted by Gasteiger charge is 2.30. The first-order valence-electron chi connectivity index (χ1n) is 8.02. The Morgan fingerprint density at radius 1 is 1.29 bits per heavy atom. The van der Waals surface area contributed by atoms with E-state index in [0.29, 0.717) is 10.8 Å². The fourth-order valence-electron chi connectivity index (χ4n) is 3.01. The van der Waals surface area contributed by atoms with Gasteiger partial charge < -0.3 is 9.84 Å². The monoisotopic (exact) mass is 346 g/mol. The van der Waals surface area contributed by atoms with E-state index in [-0.39, 0.29) is 11.9 Å². The zero-order valence-corrected chi connectivity index (χ0v) is 15.2. The molecule has 1 N–H and O–H groups in total. The summed E-state index contributed by atoms with van der Waals surface area (Å²) in [6, 6.07) is 7.83. The molecule has 0 aliphatic carbocycles. The number of hydrogen-bond donors (Lipinski definition) is 1. The lowest BCUT2D eigenvalue weighted by Crippen LogP contribution is -2.29. The molecule has 2 aromatic heterocycles. The van der Waals surface area contributed by atoms with E-state index >= 15 is 0 Å². The van der Waals surface area contributed by atoms with Crippen molar-refractivity contribution in [3.8, 4) is 11.6 Å². The van der Waals surface area contributed by atoms with Crippen molar-refractivity contribution in [1.82, 2.24) is 19.5 Å². The molecule has 1 aromatic carbocycles. The molecule has 2 heterocycles. The summed E-state index contributed by atoms with van der Waals surface area (Å²) in [4.78, 5) is 8.20. The Labute approximate surface area is 145 Å². The van der Waals surface area contributed by atoms with Crippen LogP contribution >= 0.6 is 11.3 Å². The predicted molar refractivity (Wildman–Crippen MR) is 95.0 cm³/mol. The van der Waals surface area contributed by atoms with Crippen molar-refractivity contribution in [2.24, 2.45) is 0 Å². The highest BCUT2D eigenvalue weighted by atomic mass is 32.1. The Kier molecular flexibility index (Phi) is 4.73. The summed E-state index contributed by atoms with van der Waals surface area (Å²) in [6.07, 6.45) is 0. The molecule has 6 nitrogen and oxygen atoms in total. The standard InChI is InChI=1S/C17H22N4O2S/c1-5-20(6-2)14(12-9-7-8-10-13(12)23-4)15-16(22)21-17(24-15)18-11(3)19-21/h7-10,14,22H,5-6H2,1-4H3. The Bertz CT molecular complexity index is 838. The van der Waals surface area contributed by atoms with Crippen LogP contribution in [0.3, 0.4) is 0 Å². The molecule has 1 unspecified atom stereocenters. The van der Waals surface area contributed by atoms with Crippen LogP contribution in [0.2, 0.25) is 0 Å². The number of rotatable bonds is 6. The average molecular weight is 346 g/mol. The summed E-state index contributed by atoms with van der Waals surface area (Å²) in [5, 5.41) is 15.0. The van der Waals surface area contributed by atoms with Gasteiger partial charge in [-0.25, -0.2) is 4.98 Å². The number of para-hydroxylation sites is 1. The molecule has 128 valence electrons. The van der Waals surface area contributed by atoms with Crippen LogP contribution in [0.15, 0.2) is 24.3 Å². The van der Waals surface area contributed by atoms with Crippen molar-refractivity contribution in [3.63, 3.8) is 0 Å². The smallest absolute Gasteiger partial charge is 0.230 e. The van der Waals surface area contributed by atoms with Crippen molar-refractivity contribution in [1.29, 1.82) is 0 Å². The zero-order chi connectivity index (χ0) is 17.3. The van der Waals surface area contributed by atoms with Crippen LogP contribution in [0.4, 0.5) is 0 Å². The van der Waals surface area contributed by atoms with Crippen molar-refractivity contribution in [2.45, 2.75) is 26.8 Å². The minimum absolute atomic E-state index is 0.107. The summed E-state index contributed by atoms with van der Waals surface area (Å²) in [7, 11) is 1.67. The van der Waals surface area contributed by atoms with Gasteiger partial charge in [0, 0.05) is 5.56 Å². The molecule has 7 heteroatoms. The van der Waals surface area contributed by atoms with Gasteiger partial charge in [0.15, 0.2) is 0 Å². The Balaban J connectivity index is 2.20. The van der Waals surface area contributed by atoms with Gasteiger partial charge in [-0.3, -0.25) is 4.90 Å². The van der Waals surface area contributed by atoms with Crippen LogP contribution in [0.1, 0.15) is 36.2 Å². The number of aromatic hydroxyl groups is 1. The van der Waals surface area contributed by atoms with E-state index in [1.165, 1.54) is 15.9 Å². The maximum atomic E-state index is 10.7. The van der Waals surface area contributed by atoms with Gasteiger partial charge in [-0.1, -0.05) is 43.4 Å². The fourth-order valence-corrected chi connectivity index (χ4v) is 4.16. The molecule has 1 atom stereocenters. The second kappa shape index (κ2) is 6.78. The maximum Gasteiger partial charge on any atom is 0.230 e. The number of fused-ring (bicyclic) bond motifs is 1. The number of benzene rings is 1. The summed E-state index contributed by atoms with van der Waals surface area (Å²) < 4.78 is 7.07. The molecule has 0 aliphatic rings. The summed E-state index contributed by atoms with van der Waals surface area (Å²) >= 11 is 1.47. The fraction of sp³-hybridized carbons (Fsp3) is 0.412. The molecule has 24 heavy (non-hydrogen) atoms. The van der Waals surface area contributed by atoms with Gasteiger partial charge >= 0.3 is 0 Å². The van der Waals surface area contributed by atoms with Crippen molar-refractivity contribution >= 4 is 16.3 Å². The van der Waals surface area contributed by atoms with Gasteiger partial charge in [0.1, 0.15) is 11.6 Å². The van der Waals surface area contributed by atoms with E-state index in [1.54, 1.807) is 7.11 Å². The van der Waals surface area contributed by atoms with Gasteiger partial charge in [-0.2, -0.15) is 4.52 Å². The van der Waals surface area contributed by atoms with E-state index < -0.39 is 0 Å².